The summed E-state index contributed by atoms with van der Waals surface area (Å²) in [6.07, 6.45) is 1.45. The Morgan fingerprint density at radius 1 is 1.17 bits per heavy atom. The van der Waals surface area contributed by atoms with Gasteiger partial charge in [-0.05, 0) is 13.0 Å². The van der Waals surface area contributed by atoms with E-state index in [1.54, 1.807) is 36.6 Å². The monoisotopic (exact) mass is 354 g/mol. The number of rotatable bonds is 2. The van der Waals surface area contributed by atoms with E-state index in [1.165, 1.54) is 6.26 Å². The molecule has 0 radical (unpaired) electrons. The lowest BCUT2D eigenvalue weighted by molar-refractivity contribution is -0.139. The number of carbonyl (C=O) groups is 2. The summed E-state index contributed by atoms with van der Waals surface area (Å²) in [6, 6.07) is 0.643. The number of furan rings is 1. The maximum absolute atomic E-state index is 12.8. The molecular formula is C16H22N2O5S. The minimum atomic E-state index is -3.28. The SMILES string of the molecule is Cc1occc1C(=O)N1CCN(C(=O)C(C)C)[C@@H]2CS(=O)(=O)C[C@@H]21. The summed E-state index contributed by atoms with van der Waals surface area (Å²) in [7, 11) is -3.28. The topological polar surface area (TPSA) is 87.9 Å². The minimum Gasteiger partial charge on any atom is -0.469 e. The van der Waals surface area contributed by atoms with Crippen LogP contribution in [-0.2, 0) is 14.6 Å². The van der Waals surface area contributed by atoms with Gasteiger partial charge in [0.25, 0.3) is 5.91 Å². The summed E-state index contributed by atoms with van der Waals surface area (Å²) < 4.78 is 29.5. The third kappa shape index (κ3) is 2.83. The van der Waals surface area contributed by atoms with E-state index in [4.69, 9.17) is 4.42 Å². The summed E-state index contributed by atoms with van der Waals surface area (Å²) in [5.41, 5.74) is 0.446. The van der Waals surface area contributed by atoms with Crippen molar-refractivity contribution in [1.82, 2.24) is 9.80 Å². The van der Waals surface area contributed by atoms with Crippen molar-refractivity contribution >= 4 is 21.7 Å². The number of piperazine rings is 1. The van der Waals surface area contributed by atoms with Crippen LogP contribution >= 0.6 is 0 Å². The largest absolute Gasteiger partial charge is 0.469 e. The van der Waals surface area contributed by atoms with Gasteiger partial charge in [0.05, 0.1) is 35.4 Å². The fourth-order valence-electron chi connectivity index (χ4n) is 3.57. The lowest BCUT2D eigenvalue weighted by Gasteiger charge is -2.44. The first-order chi connectivity index (χ1) is 11.2. The number of fused-ring (bicyclic) bond motifs is 1. The van der Waals surface area contributed by atoms with E-state index in [1.807, 2.05) is 0 Å². The van der Waals surface area contributed by atoms with Crippen molar-refractivity contribution in [2.75, 3.05) is 24.6 Å². The fraction of sp³-hybridized carbons (Fsp3) is 0.625. The number of sulfone groups is 1. The predicted molar refractivity (Wildman–Crippen MR) is 87.3 cm³/mol. The highest BCUT2D eigenvalue weighted by Gasteiger charge is 2.49. The van der Waals surface area contributed by atoms with Gasteiger partial charge in [0.15, 0.2) is 9.84 Å². The maximum Gasteiger partial charge on any atom is 0.257 e. The second kappa shape index (κ2) is 5.91. The van der Waals surface area contributed by atoms with Crippen molar-refractivity contribution in [1.29, 1.82) is 0 Å². The zero-order chi connectivity index (χ0) is 17.6. The van der Waals surface area contributed by atoms with Gasteiger partial charge in [-0.15, -0.1) is 0 Å². The third-order valence-corrected chi connectivity index (χ3v) is 6.50. The van der Waals surface area contributed by atoms with Crippen LogP contribution in [0.4, 0.5) is 0 Å². The molecule has 0 saturated carbocycles. The molecule has 2 saturated heterocycles. The molecule has 0 spiro atoms. The Morgan fingerprint density at radius 2 is 1.75 bits per heavy atom. The molecule has 0 unspecified atom stereocenters. The van der Waals surface area contributed by atoms with Crippen LogP contribution < -0.4 is 0 Å². The van der Waals surface area contributed by atoms with E-state index in [0.29, 0.717) is 24.4 Å². The van der Waals surface area contributed by atoms with Crippen LogP contribution in [0.3, 0.4) is 0 Å². The van der Waals surface area contributed by atoms with Crippen molar-refractivity contribution in [3.05, 3.63) is 23.7 Å². The number of nitrogens with zero attached hydrogens (tertiary/aromatic N) is 2. The van der Waals surface area contributed by atoms with E-state index in [-0.39, 0.29) is 29.2 Å². The summed E-state index contributed by atoms with van der Waals surface area (Å²) in [4.78, 5) is 28.5. The zero-order valence-corrected chi connectivity index (χ0v) is 14.9. The number of amides is 2. The van der Waals surface area contributed by atoms with Crippen molar-refractivity contribution in [2.24, 2.45) is 5.92 Å². The quantitative estimate of drug-likeness (QED) is 0.780. The molecule has 1 aromatic rings. The third-order valence-electron chi connectivity index (χ3n) is 4.80. The summed E-state index contributed by atoms with van der Waals surface area (Å²) in [5.74, 6) is -0.156. The van der Waals surface area contributed by atoms with Crippen molar-refractivity contribution < 1.29 is 22.4 Å². The lowest BCUT2D eigenvalue weighted by Crippen LogP contribution is -2.62. The van der Waals surface area contributed by atoms with E-state index in [2.05, 4.69) is 0 Å². The second-order valence-corrected chi connectivity index (χ2v) is 8.94. The Bertz CT molecular complexity index is 767. The van der Waals surface area contributed by atoms with Crippen molar-refractivity contribution in [3.63, 3.8) is 0 Å². The first-order valence-electron chi connectivity index (χ1n) is 8.07. The molecule has 0 N–H and O–H groups in total. The van der Waals surface area contributed by atoms with Gasteiger partial charge in [0.2, 0.25) is 5.91 Å². The first kappa shape index (κ1) is 17.0. The van der Waals surface area contributed by atoms with Gasteiger partial charge in [-0.1, -0.05) is 13.8 Å². The molecule has 8 heteroatoms. The fourth-order valence-corrected chi connectivity index (χ4v) is 5.55. The van der Waals surface area contributed by atoms with Gasteiger partial charge in [0, 0.05) is 19.0 Å². The zero-order valence-electron chi connectivity index (χ0n) is 14.1. The van der Waals surface area contributed by atoms with Crippen LogP contribution in [0.15, 0.2) is 16.7 Å². The van der Waals surface area contributed by atoms with E-state index < -0.39 is 21.9 Å². The molecule has 2 aliphatic rings. The lowest BCUT2D eigenvalue weighted by atomic mass is 10.0. The van der Waals surface area contributed by atoms with Crippen LogP contribution in [0, 0.1) is 12.8 Å². The number of hydrogen-bond donors (Lipinski definition) is 0. The molecule has 0 aromatic carbocycles. The van der Waals surface area contributed by atoms with Gasteiger partial charge in [-0.3, -0.25) is 9.59 Å². The van der Waals surface area contributed by atoms with Crippen LogP contribution in [0.25, 0.3) is 0 Å². The molecule has 132 valence electrons. The molecule has 2 amide bonds. The van der Waals surface area contributed by atoms with E-state index in [0.717, 1.165) is 0 Å². The highest BCUT2D eigenvalue weighted by atomic mass is 32.2. The molecule has 3 heterocycles. The van der Waals surface area contributed by atoms with Gasteiger partial charge in [-0.2, -0.15) is 0 Å². The van der Waals surface area contributed by atoms with E-state index in [9.17, 15) is 18.0 Å². The molecular weight excluding hydrogens is 332 g/mol. The Balaban J connectivity index is 1.91. The summed E-state index contributed by atoms with van der Waals surface area (Å²) in [6.45, 7) is 5.99. The molecule has 2 atom stereocenters. The average molecular weight is 354 g/mol. The van der Waals surface area contributed by atoms with Crippen LogP contribution in [0.2, 0.25) is 0 Å². The Hall–Kier alpha value is -1.83. The number of carbonyl (C=O) groups excluding carboxylic acids is 2. The first-order valence-corrected chi connectivity index (χ1v) is 9.89. The highest BCUT2D eigenvalue weighted by molar-refractivity contribution is 7.91. The second-order valence-electron chi connectivity index (χ2n) is 6.79. The average Bonchev–Trinajstić information content (AvgIpc) is 3.06. The highest BCUT2D eigenvalue weighted by Crippen LogP contribution is 2.29. The molecule has 1 aromatic heterocycles. The van der Waals surface area contributed by atoms with Gasteiger partial charge >= 0.3 is 0 Å². The maximum atomic E-state index is 12.8. The van der Waals surface area contributed by atoms with E-state index >= 15 is 0 Å². The van der Waals surface area contributed by atoms with Gasteiger partial charge in [-0.25, -0.2) is 8.42 Å². The van der Waals surface area contributed by atoms with Gasteiger partial charge in [0.1, 0.15) is 5.76 Å². The smallest absolute Gasteiger partial charge is 0.257 e. The Labute approximate surface area is 141 Å². The molecule has 24 heavy (non-hydrogen) atoms. The molecule has 2 aliphatic heterocycles. The minimum absolute atomic E-state index is 0.0614. The molecule has 0 aliphatic carbocycles. The predicted octanol–water partition coefficient (Wildman–Crippen LogP) is 0.694. The summed E-state index contributed by atoms with van der Waals surface area (Å²) in [5, 5.41) is 0. The summed E-state index contributed by atoms with van der Waals surface area (Å²) >= 11 is 0. The number of hydrogen-bond acceptors (Lipinski definition) is 5. The van der Waals surface area contributed by atoms with Crippen LogP contribution in [0.1, 0.15) is 30.0 Å². The van der Waals surface area contributed by atoms with Crippen LogP contribution in [0.5, 0.6) is 0 Å². The van der Waals surface area contributed by atoms with Crippen molar-refractivity contribution in [2.45, 2.75) is 32.9 Å². The Morgan fingerprint density at radius 3 is 2.29 bits per heavy atom. The molecule has 3 rings (SSSR count). The van der Waals surface area contributed by atoms with Crippen LogP contribution in [-0.4, -0.2) is 66.7 Å². The molecule has 2 fully saturated rings. The van der Waals surface area contributed by atoms with Crippen molar-refractivity contribution in [3.8, 4) is 0 Å². The van der Waals surface area contributed by atoms with Gasteiger partial charge < -0.3 is 14.2 Å². The Kier molecular flexibility index (Phi) is 4.19. The molecule has 7 nitrogen and oxygen atoms in total. The standard InChI is InChI=1S/C16H22N2O5S/c1-10(2)15(19)17-5-6-18(14-9-24(21,22)8-13(14)17)16(20)12-4-7-23-11(12)3/h4,7,10,13-14H,5-6,8-9H2,1-3H3/t13-,14+/m1/s1. The normalized spacial score (nSPS) is 25.8. The molecule has 0 bridgehead atoms. The number of aryl methyl sites for hydroxylation is 1.